The Bertz CT molecular complexity index is 3530. The van der Waals surface area contributed by atoms with Gasteiger partial charge in [0.25, 0.3) is 0 Å². The zero-order valence-corrected chi connectivity index (χ0v) is 32.8. The average Bonchev–Trinajstić information content (AvgIpc) is 3.57. The number of halogens is 1. The maximum atomic E-state index is 14.3. The van der Waals surface area contributed by atoms with E-state index in [-0.39, 0.29) is 23.6 Å². The van der Waals surface area contributed by atoms with Crippen molar-refractivity contribution in [2.45, 2.75) is 19.3 Å². The molecule has 1 aliphatic carbocycles. The van der Waals surface area contributed by atoms with Gasteiger partial charge in [0.1, 0.15) is 5.82 Å². The lowest BCUT2D eigenvalue weighted by atomic mass is 9.80. The van der Waals surface area contributed by atoms with Crippen LogP contribution in [0.1, 0.15) is 31.8 Å². The molecule has 10 aromatic rings. The number of benzene rings is 9. The Hall–Kier alpha value is -7.63. The fourth-order valence-corrected chi connectivity index (χ4v) is 8.90. The second-order valence-corrected chi connectivity index (χ2v) is 15.7. The average molecular weight is 780 g/mol. The summed E-state index contributed by atoms with van der Waals surface area (Å²) in [4.78, 5) is 13.7. The van der Waals surface area contributed by atoms with Gasteiger partial charge < -0.3 is 4.90 Å². The second-order valence-electron chi connectivity index (χ2n) is 15.7. The summed E-state index contributed by atoms with van der Waals surface area (Å²) >= 11 is 0. The van der Waals surface area contributed by atoms with Gasteiger partial charge in [-0.15, -0.1) is 0 Å². The summed E-state index contributed by atoms with van der Waals surface area (Å²) in [6.45, 7) is 4.49. The first-order valence-electron chi connectivity index (χ1n) is 22.4. The molecule has 0 fully saturated rings. The highest BCUT2D eigenvalue weighted by Gasteiger charge is 2.38. The van der Waals surface area contributed by atoms with Crippen molar-refractivity contribution in [2.75, 3.05) is 9.80 Å². The third kappa shape index (κ3) is 5.89. The predicted molar refractivity (Wildman–Crippen MR) is 247 cm³/mol. The van der Waals surface area contributed by atoms with Gasteiger partial charge in [-0.05, 0) is 133 Å². The third-order valence-corrected chi connectivity index (χ3v) is 11.8. The molecule has 4 nitrogen and oxygen atoms in total. The van der Waals surface area contributed by atoms with Crippen LogP contribution in [0.25, 0.3) is 54.7 Å². The van der Waals surface area contributed by atoms with E-state index in [0.717, 1.165) is 77.2 Å². The normalized spacial score (nSPS) is 13.9. The molecule has 0 bridgehead atoms. The quantitative estimate of drug-likeness (QED) is 0.161. The van der Waals surface area contributed by atoms with Crippen molar-refractivity contribution >= 4 is 66.6 Å². The van der Waals surface area contributed by atoms with E-state index in [1.165, 1.54) is 12.1 Å². The Morgan fingerprint density at radius 3 is 1.73 bits per heavy atom. The van der Waals surface area contributed by atoms with Gasteiger partial charge in [0.15, 0.2) is 5.82 Å². The van der Waals surface area contributed by atoms with E-state index in [9.17, 15) is 4.39 Å². The van der Waals surface area contributed by atoms with Crippen LogP contribution < -0.4 is 9.80 Å². The van der Waals surface area contributed by atoms with Gasteiger partial charge in [-0.2, -0.15) is 0 Å². The van der Waals surface area contributed by atoms with Crippen LogP contribution in [0.3, 0.4) is 0 Å². The van der Waals surface area contributed by atoms with Crippen molar-refractivity contribution in [2.24, 2.45) is 0 Å². The van der Waals surface area contributed by atoms with Crippen LogP contribution in [-0.4, -0.2) is 9.97 Å². The fourth-order valence-electron chi connectivity index (χ4n) is 8.90. The molecule has 0 spiro atoms. The number of fused-ring (bicyclic) bond motifs is 7. The Kier molecular flexibility index (Phi) is 7.12. The molecule has 0 saturated heterocycles. The Morgan fingerprint density at radius 2 is 1.07 bits per heavy atom. The monoisotopic (exact) mass is 779 g/mol. The molecule has 1 heterocycles. The van der Waals surface area contributed by atoms with Gasteiger partial charge in [-0.1, -0.05) is 123 Å². The number of aromatic nitrogens is 2. The lowest BCUT2D eigenvalue weighted by Crippen LogP contribution is -2.17. The molecule has 11 rings (SSSR count). The molecular formula is C55H39FN4. The smallest absolute Gasteiger partial charge is 0.156 e. The number of rotatable bonds is 7. The standard InChI is InChI=1S/C55H39FN4/c1-55(2)50-32-45(59(42-26-22-40(56)23-27-42)43-24-20-36-12-6-8-14-38(36)30-43)28-29-48(50)54-47-19-11-10-18-46(47)49(33-51(54)55)52-34-58-53(35-57-52)60(41-16-4-3-5-17-41)44-25-21-37-13-7-9-15-39(37)31-44/h3-35H,1-2H3/i3D,4D,5D,16D,17D. The Balaban J connectivity index is 1.03. The van der Waals surface area contributed by atoms with Crippen LogP contribution in [-0.2, 0) is 5.41 Å². The van der Waals surface area contributed by atoms with Crippen molar-refractivity contribution in [1.29, 1.82) is 0 Å². The van der Waals surface area contributed by atoms with Crippen molar-refractivity contribution in [1.82, 2.24) is 9.97 Å². The summed E-state index contributed by atoms with van der Waals surface area (Å²) < 4.78 is 57.5. The molecular weight excluding hydrogens is 736 g/mol. The molecule has 0 unspecified atom stereocenters. The molecule has 0 saturated carbocycles. The predicted octanol–water partition coefficient (Wildman–Crippen LogP) is 15.0. The summed E-state index contributed by atoms with van der Waals surface area (Å²) in [5.41, 5.74) is 8.97. The van der Waals surface area contributed by atoms with Crippen LogP contribution in [0.5, 0.6) is 0 Å². The first-order valence-corrected chi connectivity index (χ1v) is 19.9. The SMILES string of the molecule is [2H]c1c([2H])c([2H])c(N(c2ccc3ccccc3c2)c2cnc(-c3cc4c(c5ccccc35)-c3ccc(N(c5ccc(F)cc5)c5ccc6ccccc6c5)cc3C4(C)C)cn2)c([2H])c1[2H]. The van der Waals surface area contributed by atoms with Gasteiger partial charge in [-0.3, -0.25) is 9.88 Å². The maximum absolute atomic E-state index is 14.3. The molecule has 9 aromatic carbocycles. The lowest BCUT2D eigenvalue weighted by molar-refractivity contribution is 0.628. The minimum Gasteiger partial charge on any atom is -0.310 e. The molecule has 1 aromatic heterocycles. The highest BCUT2D eigenvalue weighted by molar-refractivity contribution is 6.09. The van der Waals surface area contributed by atoms with Crippen LogP contribution in [0.4, 0.5) is 38.6 Å². The summed E-state index contributed by atoms with van der Waals surface area (Å²) in [7, 11) is 0. The molecule has 60 heavy (non-hydrogen) atoms. The molecule has 0 atom stereocenters. The Labute approximate surface area is 355 Å². The zero-order chi connectivity index (χ0) is 44.7. The van der Waals surface area contributed by atoms with E-state index in [0.29, 0.717) is 17.2 Å². The minimum atomic E-state index is -0.469. The third-order valence-electron chi connectivity index (χ3n) is 11.8. The highest BCUT2D eigenvalue weighted by Crippen LogP contribution is 2.54. The molecule has 0 N–H and O–H groups in total. The number of para-hydroxylation sites is 1. The van der Waals surface area contributed by atoms with E-state index in [1.54, 1.807) is 17.3 Å². The van der Waals surface area contributed by atoms with E-state index in [2.05, 4.69) is 91.5 Å². The first kappa shape index (κ1) is 30.4. The van der Waals surface area contributed by atoms with Crippen molar-refractivity contribution in [3.8, 4) is 22.4 Å². The van der Waals surface area contributed by atoms with E-state index in [4.69, 9.17) is 16.8 Å². The maximum Gasteiger partial charge on any atom is 0.156 e. The molecule has 1 aliphatic rings. The summed E-state index contributed by atoms with van der Waals surface area (Å²) in [5.74, 6) is 0.00136. The van der Waals surface area contributed by atoms with Crippen LogP contribution in [0.2, 0.25) is 0 Å². The van der Waals surface area contributed by atoms with Gasteiger partial charge in [-0.25, -0.2) is 9.37 Å². The fraction of sp³-hybridized carbons (Fsp3) is 0.0545. The topological polar surface area (TPSA) is 32.3 Å². The van der Waals surface area contributed by atoms with E-state index >= 15 is 0 Å². The van der Waals surface area contributed by atoms with Crippen molar-refractivity contribution < 1.29 is 11.2 Å². The molecule has 0 amide bonds. The highest BCUT2D eigenvalue weighted by atomic mass is 19.1. The number of nitrogens with zero attached hydrogens (tertiary/aromatic N) is 4. The van der Waals surface area contributed by atoms with Gasteiger partial charge in [0.05, 0.1) is 24.9 Å². The van der Waals surface area contributed by atoms with Crippen LogP contribution in [0, 0.1) is 5.82 Å². The molecule has 0 aliphatic heterocycles. The number of hydrogen-bond donors (Lipinski definition) is 0. The van der Waals surface area contributed by atoms with Crippen LogP contribution in [0.15, 0.2) is 200 Å². The molecule has 5 heteroatoms. The summed E-state index contributed by atoms with van der Waals surface area (Å²) in [6, 6.07) is 50.0. The van der Waals surface area contributed by atoms with Gasteiger partial charge in [0, 0.05) is 39.4 Å². The van der Waals surface area contributed by atoms with E-state index < -0.39 is 23.5 Å². The molecule has 286 valence electrons. The molecule has 0 radical (unpaired) electrons. The summed E-state index contributed by atoms with van der Waals surface area (Å²) in [5, 5.41) is 6.24. The zero-order valence-electron chi connectivity index (χ0n) is 37.8. The lowest BCUT2D eigenvalue weighted by Gasteiger charge is -2.28. The van der Waals surface area contributed by atoms with Crippen molar-refractivity contribution in [3.63, 3.8) is 0 Å². The number of hydrogen-bond acceptors (Lipinski definition) is 4. The van der Waals surface area contributed by atoms with Crippen molar-refractivity contribution in [3.05, 3.63) is 217 Å². The summed E-state index contributed by atoms with van der Waals surface area (Å²) in [6.07, 6.45) is 3.31. The van der Waals surface area contributed by atoms with Gasteiger partial charge >= 0.3 is 0 Å². The largest absolute Gasteiger partial charge is 0.310 e. The van der Waals surface area contributed by atoms with Gasteiger partial charge in [0.2, 0.25) is 0 Å². The van der Waals surface area contributed by atoms with E-state index in [1.807, 2.05) is 72.8 Å². The number of anilines is 6. The second kappa shape index (κ2) is 14.0. The van der Waals surface area contributed by atoms with Crippen LogP contribution >= 0.6 is 0 Å². The minimum absolute atomic E-state index is 0.0196. The first-order chi connectivity index (χ1) is 31.5. The Morgan fingerprint density at radius 1 is 0.483 bits per heavy atom.